The van der Waals surface area contributed by atoms with E-state index in [0.29, 0.717) is 25.9 Å². The molecule has 1 aliphatic carbocycles. The van der Waals surface area contributed by atoms with Gasteiger partial charge in [0.05, 0.1) is 0 Å². The van der Waals surface area contributed by atoms with Gasteiger partial charge in [0, 0.05) is 13.0 Å². The summed E-state index contributed by atoms with van der Waals surface area (Å²) in [5, 5.41) is 0. The van der Waals surface area contributed by atoms with Crippen LogP contribution in [-0.4, -0.2) is 35.8 Å². The third-order valence-electron chi connectivity index (χ3n) is 4.53. The zero-order chi connectivity index (χ0) is 13.2. The SMILES string of the molecule is NCC1(CC(=O)N2CCCCC2C(N)=O)CCC1. The van der Waals surface area contributed by atoms with Crippen molar-refractivity contribution in [2.75, 3.05) is 13.1 Å². The molecule has 0 aromatic rings. The van der Waals surface area contributed by atoms with Crippen molar-refractivity contribution in [1.29, 1.82) is 0 Å². The summed E-state index contributed by atoms with van der Waals surface area (Å²) in [6, 6.07) is -0.402. The first-order valence-corrected chi connectivity index (χ1v) is 6.87. The topological polar surface area (TPSA) is 89.4 Å². The van der Waals surface area contributed by atoms with Crippen LogP contribution in [0, 0.1) is 5.41 Å². The van der Waals surface area contributed by atoms with Crippen LogP contribution < -0.4 is 11.5 Å². The van der Waals surface area contributed by atoms with E-state index >= 15 is 0 Å². The summed E-state index contributed by atoms with van der Waals surface area (Å²) in [7, 11) is 0. The molecule has 102 valence electrons. The fourth-order valence-corrected chi connectivity index (χ4v) is 3.08. The number of rotatable bonds is 4. The molecule has 2 fully saturated rings. The standard InChI is InChI=1S/C13H23N3O2/c14-9-13(5-3-6-13)8-11(17)16-7-2-1-4-10(16)12(15)18/h10H,1-9,14H2,(H2,15,18). The number of hydrogen-bond acceptors (Lipinski definition) is 3. The molecule has 18 heavy (non-hydrogen) atoms. The average molecular weight is 253 g/mol. The van der Waals surface area contributed by atoms with Gasteiger partial charge in [-0.1, -0.05) is 6.42 Å². The van der Waals surface area contributed by atoms with Gasteiger partial charge in [0.15, 0.2) is 0 Å². The average Bonchev–Trinajstić information content (AvgIpc) is 2.33. The molecule has 1 saturated carbocycles. The number of primary amides is 1. The van der Waals surface area contributed by atoms with E-state index in [1.807, 2.05) is 0 Å². The van der Waals surface area contributed by atoms with Crippen LogP contribution in [0.15, 0.2) is 0 Å². The summed E-state index contributed by atoms with van der Waals surface area (Å²) in [6.45, 7) is 1.22. The molecule has 1 atom stereocenters. The first-order chi connectivity index (χ1) is 8.58. The molecular weight excluding hydrogens is 230 g/mol. The maximum Gasteiger partial charge on any atom is 0.240 e. The fourth-order valence-electron chi connectivity index (χ4n) is 3.08. The van der Waals surface area contributed by atoms with Gasteiger partial charge >= 0.3 is 0 Å². The van der Waals surface area contributed by atoms with Crippen LogP contribution >= 0.6 is 0 Å². The molecule has 0 aromatic carbocycles. The van der Waals surface area contributed by atoms with E-state index < -0.39 is 6.04 Å². The number of nitrogens with two attached hydrogens (primary N) is 2. The van der Waals surface area contributed by atoms with E-state index in [2.05, 4.69) is 0 Å². The van der Waals surface area contributed by atoms with Crippen molar-refractivity contribution >= 4 is 11.8 Å². The first kappa shape index (κ1) is 13.3. The number of nitrogens with zero attached hydrogens (tertiary/aromatic N) is 1. The molecule has 2 aliphatic rings. The summed E-state index contributed by atoms with van der Waals surface area (Å²) in [5.41, 5.74) is 11.2. The molecule has 1 unspecified atom stereocenters. The van der Waals surface area contributed by atoms with Crippen LogP contribution in [0.4, 0.5) is 0 Å². The van der Waals surface area contributed by atoms with Gasteiger partial charge < -0.3 is 16.4 Å². The van der Waals surface area contributed by atoms with Gasteiger partial charge in [-0.15, -0.1) is 0 Å². The third kappa shape index (κ3) is 2.51. The number of likely N-dealkylation sites (tertiary alicyclic amines) is 1. The molecule has 4 N–H and O–H groups in total. The van der Waals surface area contributed by atoms with Crippen LogP contribution in [0.5, 0.6) is 0 Å². The van der Waals surface area contributed by atoms with E-state index in [0.717, 1.165) is 32.1 Å². The Labute approximate surface area is 108 Å². The highest BCUT2D eigenvalue weighted by atomic mass is 16.2. The predicted octanol–water partition coefficient (Wildman–Crippen LogP) is 0.372. The van der Waals surface area contributed by atoms with Gasteiger partial charge in [0.25, 0.3) is 0 Å². The zero-order valence-electron chi connectivity index (χ0n) is 10.9. The minimum Gasteiger partial charge on any atom is -0.368 e. The van der Waals surface area contributed by atoms with Crippen molar-refractivity contribution in [3.63, 3.8) is 0 Å². The lowest BCUT2D eigenvalue weighted by Crippen LogP contribution is -2.52. The zero-order valence-corrected chi connectivity index (χ0v) is 10.9. The molecule has 5 nitrogen and oxygen atoms in total. The second-order valence-corrected chi connectivity index (χ2v) is 5.74. The Morgan fingerprint density at radius 1 is 1.22 bits per heavy atom. The number of carbonyl (C=O) groups excluding carboxylic acids is 2. The van der Waals surface area contributed by atoms with Crippen molar-refractivity contribution in [3.8, 4) is 0 Å². The monoisotopic (exact) mass is 253 g/mol. The molecule has 5 heteroatoms. The second kappa shape index (κ2) is 5.26. The summed E-state index contributed by atoms with van der Waals surface area (Å²) < 4.78 is 0. The van der Waals surface area contributed by atoms with Gasteiger partial charge in [-0.2, -0.15) is 0 Å². The summed E-state index contributed by atoms with van der Waals surface area (Å²) in [5.74, 6) is -0.317. The van der Waals surface area contributed by atoms with Crippen LogP contribution in [0.1, 0.15) is 44.9 Å². The highest BCUT2D eigenvalue weighted by molar-refractivity contribution is 5.87. The second-order valence-electron chi connectivity index (χ2n) is 5.74. The quantitative estimate of drug-likeness (QED) is 0.758. The molecule has 2 amide bonds. The van der Waals surface area contributed by atoms with E-state index in [-0.39, 0.29) is 17.2 Å². The Balaban J connectivity index is 2.00. The number of carbonyl (C=O) groups is 2. The van der Waals surface area contributed by atoms with E-state index in [1.165, 1.54) is 0 Å². The molecule has 0 radical (unpaired) electrons. The molecule has 1 aliphatic heterocycles. The summed E-state index contributed by atoms with van der Waals surface area (Å²) >= 11 is 0. The summed E-state index contributed by atoms with van der Waals surface area (Å²) in [4.78, 5) is 25.4. The van der Waals surface area contributed by atoms with Crippen molar-refractivity contribution in [2.24, 2.45) is 16.9 Å². The maximum atomic E-state index is 12.3. The van der Waals surface area contributed by atoms with Crippen LogP contribution in [0.3, 0.4) is 0 Å². The number of hydrogen-bond donors (Lipinski definition) is 2. The smallest absolute Gasteiger partial charge is 0.240 e. The Hall–Kier alpha value is -1.10. The molecule has 1 heterocycles. The molecular formula is C13H23N3O2. The lowest BCUT2D eigenvalue weighted by molar-refractivity contribution is -0.144. The van der Waals surface area contributed by atoms with Gasteiger partial charge in [0.1, 0.15) is 6.04 Å². The highest BCUT2D eigenvalue weighted by Crippen LogP contribution is 2.43. The van der Waals surface area contributed by atoms with Gasteiger partial charge in [0.2, 0.25) is 11.8 Å². The van der Waals surface area contributed by atoms with Gasteiger partial charge in [-0.3, -0.25) is 9.59 Å². The largest absolute Gasteiger partial charge is 0.368 e. The fraction of sp³-hybridized carbons (Fsp3) is 0.846. The van der Waals surface area contributed by atoms with Gasteiger partial charge in [-0.25, -0.2) is 0 Å². The number of amides is 2. The lowest BCUT2D eigenvalue weighted by Gasteiger charge is -2.43. The van der Waals surface area contributed by atoms with Crippen molar-refractivity contribution in [3.05, 3.63) is 0 Å². The normalized spacial score (nSPS) is 26.5. The molecule has 0 bridgehead atoms. The first-order valence-electron chi connectivity index (χ1n) is 6.87. The Kier molecular flexibility index (Phi) is 3.90. The molecule has 0 aromatic heterocycles. The number of piperidine rings is 1. The maximum absolute atomic E-state index is 12.3. The van der Waals surface area contributed by atoms with Crippen molar-refractivity contribution in [2.45, 2.75) is 51.0 Å². The minimum atomic E-state index is -0.402. The molecule has 1 saturated heterocycles. The Morgan fingerprint density at radius 3 is 2.44 bits per heavy atom. The minimum absolute atomic E-state index is 0.00325. The van der Waals surface area contributed by atoms with Crippen molar-refractivity contribution in [1.82, 2.24) is 4.90 Å². The Morgan fingerprint density at radius 2 is 1.94 bits per heavy atom. The van der Waals surface area contributed by atoms with Crippen molar-refractivity contribution < 1.29 is 9.59 Å². The van der Waals surface area contributed by atoms with E-state index in [4.69, 9.17) is 11.5 Å². The highest BCUT2D eigenvalue weighted by Gasteiger charge is 2.40. The third-order valence-corrected chi connectivity index (χ3v) is 4.53. The van der Waals surface area contributed by atoms with Crippen LogP contribution in [0.2, 0.25) is 0 Å². The molecule has 2 rings (SSSR count). The van der Waals surface area contributed by atoms with E-state index in [9.17, 15) is 9.59 Å². The molecule has 0 spiro atoms. The van der Waals surface area contributed by atoms with Gasteiger partial charge in [-0.05, 0) is 44.1 Å². The van der Waals surface area contributed by atoms with E-state index in [1.54, 1.807) is 4.90 Å². The lowest BCUT2D eigenvalue weighted by atomic mass is 9.66. The van der Waals surface area contributed by atoms with Crippen LogP contribution in [-0.2, 0) is 9.59 Å². The summed E-state index contributed by atoms with van der Waals surface area (Å²) in [6.07, 6.45) is 6.34. The van der Waals surface area contributed by atoms with Crippen LogP contribution in [0.25, 0.3) is 0 Å². The Bertz CT molecular complexity index is 334. The predicted molar refractivity (Wildman–Crippen MR) is 68.5 cm³/mol.